The fraction of sp³-hybridized carbons (Fsp3) is 0.100. The van der Waals surface area contributed by atoms with Gasteiger partial charge in [-0.15, -0.1) is 22.9 Å². The van der Waals surface area contributed by atoms with Crippen LogP contribution in [0.1, 0.15) is 5.69 Å². The van der Waals surface area contributed by atoms with Gasteiger partial charge in [0.25, 0.3) is 0 Å². The second-order valence-corrected chi connectivity index (χ2v) is 5.35. The first-order valence-electron chi connectivity index (χ1n) is 4.16. The van der Waals surface area contributed by atoms with Crippen LogP contribution in [0.4, 0.5) is 0 Å². The lowest BCUT2D eigenvalue weighted by molar-refractivity contribution is 1.23. The molecule has 0 unspecified atom stereocenters. The third kappa shape index (κ3) is 2.53. The number of alkyl halides is 1. The molecule has 2 aromatic rings. The summed E-state index contributed by atoms with van der Waals surface area (Å²) in [6, 6.07) is 5.75. The molecule has 5 heteroatoms. The lowest BCUT2D eigenvalue weighted by Crippen LogP contribution is -1.80. The van der Waals surface area contributed by atoms with E-state index in [1.807, 2.05) is 23.6 Å². The monoisotopic (exact) mass is 321 g/mol. The number of rotatable bonds is 2. The van der Waals surface area contributed by atoms with Gasteiger partial charge in [-0.1, -0.05) is 27.5 Å². The second kappa shape index (κ2) is 4.83. The predicted octanol–water partition coefficient (Wildman–Crippen LogP) is 4.96. The summed E-state index contributed by atoms with van der Waals surface area (Å²) in [6.07, 6.45) is 0. The lowest BCUT2D eigenvalue weighted by atomic mass is 10.2. The summed E-state index contributed by atoms with van der Waals surface area (Å²) in [5, 5.41) is 3.55. The Hall–Kier alpha value is -0.0900. The van der Waals surface area contributed by atoms with Crippen molar-refractivity contribution in [1.29, 1.82) is 0 Å². The van der Waals surface area contributed by atoms with Crippen LogP contribution in [0.2, 0.25) is 5.02 Å². The highest BCUT2D eigenvalue weighted by atomic mass is 79.9. The van der Waals surface area contributed by atoms with Crippen LogP contribution in [0, 0.1) is 0 Å². The van der Waals surface area contributed by atoms with Crippen molar-refractivity contribution in [3.63, 3.8) is 0 Å². The summed E-state index contributed by atoms with van der Waals surface area (Å²) < 4.78 is 0.963. The summed E-state index contributed by atoms with van der Waals surface area (Å²) in [5.74, 6) is 0.435. The number of thiazole rings is 1. The first kappa shape index (κ1) is 11.4. The van der Waals surface area contributed by atoms with E-state index in [4.69, 9.17) is 23.2 Å². The molecule has 0 atom stereocenters. The number of hydrogen-bond donors (Lipinski definition) is 0. The molecular formula is C10H6BrCl2NS. The van der Waals surface area contributed by atoms with Gasteiger partial charge < -0.3 is 0 Å². The quantitative estimate of drug-likeness (QED) is 0.712. The Morgan fingerprint density at radius 3 is 2.80 bits per heavy atom. The van der Waals surface area contributed by atoms with Crippen molar-refractivity contribution in [1.82, 2.24) is 4.98 Å². The van der Waals surface area contributed by atoms with Gasteiger partial charge in [-0.05, 0) is 18.2 Å². The highest BCUT2D eigenvalue weighted by molar-refractivity contribution is 9.10. The number of hydrogen-bond acceptors (Lipinski definition) is 2. The molecule has 1 nitrogen and oxygen atoms in total. The Kier molecular flexibility index (Phi) is 3.67. The average molecular weight is 323 g/mol. The van der Waals surface area contributed by atoms with E-state index in [-0.39, 0.29) is 0 Å². The molecule has 78 valence electrons. The minimum absolute atomic E-state index is 0.435. The van der Waals surface area contributed by atoms with Crippen molar-refractivity contribution < 1.29 is 0 Å². The molecule has 0 aliphatic carbocycles. The van der Waals surface area contributed by atoms with Crippen molar-refractivity contribution in [2.75, 3.05) is 0 Å². The van der Waals surface area contributed by atoms with E-state index < -0.39 is 0 Å². The van der Waals surface area contributed by atoms with Gasteiger partial charge in [0.1, 0.15) is 5.01 Å². The van der Waals surface area contributed by atoms with E-state index >= 15 is 0 Å². The number of benzene rings is 1. The average Bonchev–Trinajstić information content (AvgIpc) is 2.66. The van der Waals surface area contributed by atoms with Crippen LogP contribution in [0.15, 0.2) is 28.1 Å². The largest absolute Gasteiger partial charge is 0.240 e. The molecular weight excluding hydrogens is 317 g/mol. The molecule has 1 aromatic heterocycles. The third-order valence-corrected chi connectivity index (χ3v) is 3.85. The molecule has 0 N–H and O–H groups in total. The fourth-order valence-corrected chi connectivity index (χ4v) is 3.06. The highest BCUT2D eigenvalue weighted by Gasteiger charge is 2.08. The van der Waals surface area contributed by atoms with Crippen molar-refractivity contribution in [2.24, 2.45) is 0 Å². The number of halogens is 3. The fourth-order valence-electron chi connectivity index (χ4n) is 1.15. The Morgan fingerprint density at radius 1 is 1.40 bits per heavy atom. The van der Waals surface area contributed by atoms with E-state index in [9.17, 15) is 0 Å². The second-order valence-electron chi connectivity index (χ2n) is 2.90. The SMILES string of the molecule is ClCc1csc(-c2ccc(Br)cc2Cl)n1. The van der Waals surface area contributed by atoms with E-state index in [2.05, 4.69) is 20.9 Å². The van der Waals surface area contributed by atoms with E-state index in [0.29, 0.717) is 10.9 Å². The van der Waals surface area contributed by atoms with Gasteiger partial charge >= 0.3 is 0 Å². The summed E-state index contributed by atoms with van der Waals surface area (Å²) in [7, 11) is 0. The van der Waals surface area contributed by atoms with Gasteiger partial charge in [0.2, 0.25) is 0 Å². The molecule has 0 saturated heterocycles. The van der Waals surface area contributed by atoms with E-state index in [1.165, 1.54) is 0 Å². The Balaban J connectivity index is 2.44. The molecule has 0 spiro atoms. The van der Waals surface area contributed by atoms with Crippen molar-refractivity contribution in [3.8, 4) is 10.6 Å². The third-order valence-electron chi connectivity index (χ3n) is 1.85. The molecule has 0 amide bonds. The predicted molar refractivity (Wildman–Crippen MR) is 69.8 cm³/mol. The van der Waals surface area contributed by atoms with E-state index in [1.54, 1.807) is 11.3 Å². The molecule has 0 bridgehead atoms. The topological polar surface area (TPSA) is 12.9 Å². The minimum Gasteiger partial charge on any atom is -0.240 e. The molecule has 0 fully saturated rings. The molecule has 0 saturated carbocycles. The van der Waals surface area contributed by atoms with Crippen molar-refractivity contribution in [3.05, 3.63) is 38.8 Å². The zero-order valence-electron chi connectivity index (χ0n) is 7.51. The molecule has 1 aromatic carbocycles. The zero-order chi connectivity index (χ0) is 10.8. The van der Waals surface area contributed by atoms with E-state index in [0.717, 1.165) is 20.7 Å². The van der Waals surface area contributed by atoms with Gasteiger partial charge in [-0.2, -0.15) is 0 Å². The summed E-state index contributed by atoms with van der Waals surface area (Å²) in [5.41, 5.74) is 1.83. The van der Waals surface area contributed by atoms with Gasteiger partial charge in [0.15, 0.2) is 0 Å². The van der Waals surface area contributed by atoms with Gasteiger partial charge in [-0.3, -0.25) is 0 Å². The Bertz CT molecular complexity index is 484. The van der Waals surface area contributed by atoms with Crippen molar-refractivity contribution in [2.45, 2.75) is 5.88 Å². The summed E-state index contributed by atoms with van der Waals surface area (Å²) >= 11 is 16.7. The summed E-state index contributed by atoms with van der Waals surface area (Å²) in [6.45, 7) is 0. The van der Waals surface area contributed by atoms with Crippen LogP contribution in [0.3, 0.4) is 0 Å². The molecule has 0 radical (unpaired) electrons. The number of nitrogens with zero attached hydrogens (tertiary/aromatic N) is 1. The van der Waals surface area contributed by atoms with Gasteiger partial charge in [0.05, 0.1) is 16.6 Å². The van der Waals surface area contributed by atoms with Crippen LogP contribution >= 0.6 is 50.5 Å². The van der Waals surface area contributed by atoms with Crippen LogP contribution in [-0.2, 0) is 5.88 Å². The summed E-state index contributed by atoms with van der Waals surface area (Å²) in [4.78, 5) is 4.38. The van der Waals surface area contributed by atoms with Crippen LogP contribution < -0.4 is 0 Å². The van der Waals surface area contributed by atoms with Crippen LogP contribution in [0.25, 0.3) is 10.6 Å². The zero-order valence-corrected chi connectivity index (χ0v) is 11.4. The standard InChI is InChI=1S/C10H6BrCl2NS/c11-6-1-2-8(9(13)3-6)10-14-7(4-12)5-15-10/h1-3,5H,4H2. The first-order chi connectivity index (χ1) is 7.20. The molecule has 15 heavy (non-hydrogen) atoms. The minimum atomic E-state index is 0.435. The maximum absolute atomic E-state index is 6.12. The maximum atomic E-state index is 6.12. The van der Waals surface area contributed by atoms with Crippen LogP contribution in [0.5, 0.6) is 0 Å². The highest BCUT2D eigenvalue weighted by Crippen LogP contribution is 2.32. The maximum Gasteiger partial charge on any atom is 0.125 e. The molecule has 0 aliphatic rings. The van der Waals surface area contributed by atoms with Crippen LogP contribution in [-0.4, -0.2) is 4.98 Å². The number of aromatic nitrogens is 1. The molecule has 0 aliphatic heterocycles. The Morgan fingerprint density at radius 2 is 2.20 bits per heavy atom. The smallest absolute Gasteiger partial charge is 0.125 e. The Labute approximate surface area is 110 Å². The first-order valence-corrected chi connectivity index (χ1v) is 6.75. The van der Waals surface area contributed by atoms with Gasteiger partial charge in [0, 0.05) is 15.4 Å². The van der Waals surface area contributed by atoms with Gasteiger partial charge in [-0.25, -0.2) is 4.98 Å². The molecule has 1 heterocycles. The van der Waals surface area contributed by atoms with Crippen molar-refractivity contribution >= 4 is 50.5 Å². The molecule has 2 rings (SSSR count). The lowest BCUT2D eigenvalue weighted by Gasteiger charge is -2.00. The normalized spacial score (nSPS) is 10.6.